The number of aryl methyl sites for hydroxylation is 2. The smallest absolute Gasteiger partial charge is 0.344 e. The van der Waals surface area contributed by atoms with E-state index in [9.17, 15) is 4.79 Å². The summed E-state index contributed by atoms with van der Waals surface area (Å²) in [5, 5.41) is 9.55. The summed E-state index contributed by atoms with van der Waals surface area (Å²) in [5.41, 5.74) is 1.70. The van der Waals surface area contributed by atoms with Crippen LogP contribution in [0.3, 0.4) is 0 Å². The van der Waals surface area contributed by atoms with Gasteiger partial charge in [-0.1, -0.05) is 18.5 Å². The fourth-order valence-electron chi connectivity index (χ4n) is 1.53. The lowest BCUT2D eigenvalue weighted by Crippen LogP contribution is -2.26. The lowest BCUT2D eigenvalue weighted by Gasteiger charge is -2.17. The number of carboxylic acids is 1. The first kappa shape index (κ1) is 12.8. The molecule has 1 atom stereocenters. The van der Waals surface area contributed by atoms with Gasteiger partial charge in [0.25, 0.3) is 0 Å². The van der Waals surface area contributed by atoms with Gasteiger partial charge in [0.15, 0.2) is 6.10 Å². The molecule has 0 aromatic heterocycles. The number of hydrogen-bond acceptors (Lipinski definition) is 2. The van der Waals surface area contributed by atoms with Crippen LogP contribution in [-0.4, -0.2) is 17.2 Å². The minimum Gasteiger partial charge on any atom is -0.479 e. The minimum atomic E-state index is -0.948. The van der Waals surface area contributed by atoms with Crippen LogP contribution in [0.5, 0.6) is 5.75 Å². The summed E-state index contributed by atoms with van der Waals surface area (Å²) >= 11 is 5.88. The van der Waals surface area contributed by atoms with Gasteiger partial charge in [0, 0.05) is 5.02 Å². The Hall–Kier alpha value is -1.22. The van der Waals surface area contributed by atoms with E-state index in [1.54, 1.807) is 19.1 Å². The maximum atomic E-state index is 10.9. The molecule has 0 fully saturated rings. The van der Waals surface area contributed by atoms with Crippen molar-refractivity contribution in [1.82, 2.24) is 0 Å². The highest BCUT2D eigenvalue weighted by Crippen LogP contribution is 2.28. The zero-order chi connectivity index (χ0) is 12.3. The summed E-state index contributed by atoms with van der Waals surface area (Å²) < 4.78 is 5.48. The van der Waals surface area contributed by atoms with Crippen LogP contribution in [-0.2, 0) is 4.79 Å². The third-order valence-electron chi connectivity index (χ3n) is 2.33. The second-order valence-corrected chi connectivity index (χ2v) is 4.16. The van der Waals surface area contributed by atoms with E-state index in [0.717, 1.165) is 11.1 Å². The highest BCUT2D eigenvalue weighted by Gasteiger charge is 2.18. The average molecular weight is 243 g/mol. The minimum absolute atomic E-state index is 0.427. The number of halogens is 1. The number of ether oxygens (including phenoxy) is 1. The van der Waals surface area contributed by atoms with Gasteiger partial charge in [-0.25, -0.2) is 4.79 Å². The highest BCUT2D eigenvalue weighted by molar-refractivity contribution is 6.30. The lowest BCUT2D eigenvalue weighted by molar-refractivity contribution is -0.145. The number of rotatable bonds is 4. The predicted molar refractivity (Wildman–Crippen MR) is 63.3 cm³/mol. The van der Waals surface area contributed by atoms with Crippen molar-refractivity contribution in [2.75, 3.05) is 0 Å². The van der Waals surface area contributed by atoms with Gasteiger partial charge in [-0.2, -0.15) is 0 Å². The number of carboxylic acid groups (broad SMARTS) is 1. The van der Waals surface area contributed by atoms with Crippen molar-refractivity contribution in [2.24, 2.45) is 0 Å². The molecule has 88 valence electrons. The summed E-state index contributed by atoms with van der Waals surface area (Å²) in [6.07, 6.45) is -0.379. The summed E-state index contributed by atoms with van der Waals surface area (Å²) in [4.78, 5) is 10.9. The van der Waals surface area contributed by atoms with Crippen molar-refractivity contribution in [3.63, 3.8) is 0 Å². The Balaban J connectivity index is 3.01. The topological polar surface area (TPSA) is 46.5 Å². The largest absolute Gasteiger partial charge is 0.479 e. The van der Waals surface area contributed by atoms with Crippen molar-refractivity contribution >= 4 is 17.6 Å². The Bertz CT molecular complexity index is 378. The molecule has 16 heavy (non-hydrogen) atoms. The van der Waals surface area contributed by atoms with E-state index < -0.39 is 12.1 Å². The van der Waals surface area contributed by atoms with Gasteiger partial charge in [-0.3, -0.25) is 0 Å². The molecule has 0 aliphatic carbocycles. The first-order chi connectivity index (χ1) is 7.45. The maximum absolute atomic E-state index is 10.9. The van der Waals surface area contributed by atoms with E-state index in [4.69, 9.17) is 21.4 Å². The monoisotopic (exact) mass is 242 g/mol. The Kier molecular flexibility index (Phi) is 4.19. The first-order valence-corrected chi connectivity index (χ1v) is 5.49. The van der Waals surface area contributed by atoms with E-state index in [1.165, 1.54) is 0 Å². The summed E-state index contributed by atoms with van der Waals surface area (Å²) in [5.74, 6) is -0.338. The molecule has 0 aliphatic heterocycles. The quantitative estimate of drug-likeness (QED) is 0.882. The first-order valence-electron chi connectivity index (χ1n) is 5.12. The molecule has 1 unspecified atom stereocenters. The Morgan fingerprint density at radius 1 is 1.44 bits per heavy atom. The molecule has 0 bridgehead atoms. The van der Waals surface area contributed by atoms with Crippen molar-refractivity contribution in [1.29, 1.82) is 0 Å². The van der Waals surface area contributed by atoms with Gasteiger partial charge in [0.05, 0.1) is 0 Å². The third-order valence-corrected chi connectivity index (χ3v) is 2.55. The van der Waals surface area contributed by atoms with E-state index in [0.29, 0.717) is 17.2 Å². The molecule has 0 radical (unpaired) electrons. The van der Waals surface area contributed by atoms with Gasteiger partial charge >= 0.3 is 5.97 Å². The van der Waals surface area contributed by atoms with Crippen LogP contribution in [0.15, 0.2) is 12.1 Å². The van der Waals surface area contributed by atoms with E-state index in [1.807, 2.05) is 13.8 Å². The molecule has 0 aliphatic rings. The molecule has 0 amide bonds. The van der Waals surface area contributed by atoms with Crippen molar-refractivity contribution < 1.29 is 14.6 Å². The molecule has 0 spiro atoms. The summed E-state index contributed by atoms with van der Waals surface area (Å²) in [6.45, 7) is 5.48. The molecule has 0 heterocycles. The second-order valence-electron chi connectivity index (χ2n) is 3.72. The van der Waals surface area contributed by atoms with Crippen LogP contribution in [0.25, 0.3) is 0 Å². The molecule has 1 aromatic rings. The lowest BCUT2D eigenvalue weighted by atomic mass is 10.1. The summed E-state index contributed by atoms with van der Waals surface area (Å²) in [6, 6.07) is 3.52. The van der Waals surface area contributed by atoms with E-state index >= 15 is 0 Å². The van der Waals surface area contributed by atoms with E-state index in [2.05, 4.69) is 0 Å². The molecule has 1 N–H and O–H groups in total. The number of carbonyl (C=O) groups is 1. The van der Waals surface area contributed by atoms with Gasteiger partial charge in [-0.05, 0) is 43.5 Å². The van der Waals surface area contributed by atoms with Crippen LogP contribution in [0.2, 0.25) is 5.02 Å². The molecule has 3 nitrogen and oxygen atoms in total. The van der Waals surface area contributed by atoms with Crippen LogP contribution < -0.4 is 4.74 Å². The predicted octanol–water partition coefficient (Wildman–Crippen LogP) is 3.20. The zero-order valence-corrected chi connectivity index (χ0v) is 10.3. The van der Waals surface area contributed by atoms with Gasteiger partial charge in [0.1, 0.15) is 5.75 Å². The van der Waals surface area contributed by atoms with Crippen LogP contribution in [0.1, 0.15) is 24.5 Å². The van der Waals surface area contributed by atoms with Crippen molar-refractivity contribution in [3.8, 4) is 5.75 Å². The van der Waals surface area contributed by atoms with Gasteiger partial charge in [-0.15, -0.1) is 0 Å². The normalized spacial score (nSPS) is 12.2. The average Bonchev–Trinajstić information content (AvgIpc) is 2.15. The number of benzene rings is 1. The molecule has 1 aromatic carbocycles. The third kappa shape index (κ3) is 2.89. The SMILES string of the molecule is CCC(Oc1c(C)cc(Cl)cc1C)C(=O)O. The highest BCUT2D eigenvalue weighted by atomic mass is 35.5. The molecule has 0 saturated heterocycles. The number of hydrogen-bond donors (Lipinski definition) is 1. The zero-order valence-electron chi connectivity index (χ0n) is 9.58. The Labute approximate surface area is 100.0 Å². The fraction of sp³-hybridized carbons (Fsp3) is 0.417. The summed E-state index contributed by atoms with van der Waals surface area (Å²) in [7, 11) is 0. The maximum Gasteiger partial charge on any atom is 0.344 e. The Morgan fingerprint density at radius 2 is 1.94 bits per heavy atom. The van der Waals surface area contributed by atoms with Crippen molar-refractivity contribution in [2.45, 2.75) is 33.3 Å². The molecular formula is C12H15ClO3. The molecule has 4 heteroatoms. The van der Waals surface area contributed by atoms with Crippen LogP contribution in [0.4, 0.5) is 0 Å². The number of aliphatic carboxylic acids is 1. The van der Waals surface area contributed by atoms with E-state index in [-0.39, 0.29) is 0 Å². The standard InChI is InChI=1S/C12H15ClO3/c1-4-10(12(14)15)16-11-7(2)5-9(13)6-8(11)3/h5-6,10H,4H2,1-3H3,(H,14,15). The fourth-order valence-corrected chi connectivity index (χ4v) is 1.86. The Morgan fingerprint density at radius 3 is 2.31 bits per heavy atom. The van der Waals surface area contributed by atoms with Crippen molar-refractivity contribution in [3.05, 3.63) is 28.3 Å². The molecule has 1 rings (SSSR count). The van der Waals surface area contributed by atoms with Gasteiger partial charge in [0.2, 0.25) is 0 Å². The van der Waals surface area contributed by atoms with Gasteiger partial charge < -0.3 is 9.84 Å². The van der Waals surface area contributed by atoms with Crippen LogP contribution >= 0.6 is 11.6 Å². The molecule has 0 saturated carbocycles. The molecular weight excluding hydrogens is 228 g/mol. The second kappa shape index (κ2) is 5.21. The van der Waals surface area contributed by atoms with Crippen LogP contribution in [0, 0.1) is 13.8 Å².